The second-order valence-electron chi connectivity index (χ2n) is 10.2. The first-order chi connectivity index (χ1) is 21.2. The maximum Gasteiger partial charge on any atom is 0.341 e. The molecule has 4 rings (SSSR count). The summed E-state index contributed by atoms with van der Waals surface area (Å²) in [6.07, 6.45) is 0.423. The number of aromatic nitrogens is 2. The van der Waals surface area contributed by atoms with Crippen molar-refractivity contribution in [2.75, 3.05) is 54.9 Å². The number of anilines is 4. The summed E-state index contributed by atoms with van der Waals surface area (Å²) in [5, 5.41) is 3.89. The van der Waals surface area contributed by atoms with Gasteiger partial charge in [0, 0.05) is 62.3 Å². The first-order valence-corrected chi connectivity index (χ1v) is 17.4. The van der Waals surface area contributed by atoms with E-state index in [1.807, 2.05) is 35.2 Å². The number of halogens is 1. The third-order valence-corrected chi connectivity index (χ3v) is 10.8. The van der Waals surface area contributed by atoms with Crippen molar-refractivity contribution in [3.8, 4) is 11.3 Å². The summed E-state index contributed by atoms with van der Waals surface area (Å²) in [5.41, 5.74) is 3.55. The summed E-state index contributed by atoms with van der Waals surface area (Å²) in [5.74, 6) is -0.946. The lowest BCUT2D eigenvalue weighted by atomic mass is 10.1. The number of piperazine rings is 1. The van der Waals surface area contributed by atoms with Crippen molar-refractivity contribution in [2.45, 2.75) is 18.7 Å². The van der Waals surface area contributed by atoms with Crippen LogP contribution in [0.5, 0.6) is 0 Å². The van der Waals surface area contributed by atoms with Crippen LogP contribution in [0.1, 0.15) is 13.3 Å². The van der Waals surface area contributed by atoms with Gasteiger partial charge < -0.3 is 39.8 Å². The average molecular weight is 683 g/mol. The molecule has 18 heteroatoms. The van der Waals surface area contributed by atoms with Crippen molar-refractivity contribution in [3.63, 3.8) is 0 Å². The van der Waals surface area contributed by atoms with E-state index in [0.29, 0.717) is 60.6 Å². The Balaban J connectivity index is 1.30. The van der Waals surface area contributed by atoms with Crippen LogP contribution in [-0.4, -0.2) is 91.0 Å². The highest BCUT2D eigenvalue weighted by Gasteiger charge is 2.45. The number of ether oxygens (including phenoxy) is 1. The number of hydrogen-bond donors (Lipinski definition) is 6. The first-order valence-electron chi connectivity index (χ1n) is 13.7. The molecule has 6 N–H and O–H groups in total. The van der Waals surface area contributed by atoms with E-state index in [9.17, 15) is 18.7 Å². The zero-order valence-electron chi connectivity index (χ0n) is 24.1. The number of carbonyl (C=O) groups excluding carboxylic acids is 2. The summed E-state index contributed by atoms with van der Waals surface area (Å²) >= 11 is 6.40. The molecule has 1 fully saturated rings. The van der Waals surface area contributed by atoms with Crippen molar-refractivity contribution < 1.29 is 43.0 Å². The Hall–Kier alpha value is -3.39. The molecule has 242 valence electrons. The van der Waals surface area contributed by atoms with Crippen LogP contribution in [0.15, 0.2) is 54.7 Å². The van der Waals surface area contributed by atoms with Crippen molar-refractivity contribution >= 4 is 61.7 Å². The molecule has 0 atom stereocenters. The number of carbonyl (C=O) groups is 2. The molecule has 0 unspecified atom stereocenters. The van der Waals surface area contributed by atoms with Crippen LogP contribution in [0.4, 0.5) is 23.0 Å². The normalized spacial score (nSPS) is 14.3. The van der Waals surface area contributed by atoms with Gasteiger partial charge in [0.1, 0.15) is 6.61 Å². The van der Waals surface area contributed by atoms with E-state index in [1.54, 1.807) is 18.2 Å². The average Bonchev–Trinajstić information content (AvgIpc) is 2.96. The minimum absolute atomic E-state index is 0.0894. The lowest BCUT2D eigenvalue weighted by molar-refractivity contribution is -0.144. The van der Waals surface area contributed by atoms with Gasteiger partial charge in [-0.05, 0) is 30.3 Å². The molecule has 1 amide bonds. The van der Waals surface area contributed by atoms with Gasteiger partial charge in [-0.25, -0.2) is 9.97 Å². The number of rotatable bonds is 12. The van der Waals surface area contributed by atoms with E-state index >= 15 is 0 Å². The minimum Gasteiger partial charge on any atom is -0.464 e. The molecule has 1 aromatic heterocycles. The Kier molecular flexibility index (Phi) is 11.3. The standard InChI is InChI=1S/C27H33ClN6O9P2/c1-18(35)30-20-5-2-4-19(14-20)26-23(28)17-29-27(32-26)31-21-6-3-7-22(15-21)34-10-8-33(9-11-34)12-13-43-24(36)16-25(44(37,38)39)45(40,41)42/h2-7,14-15,17,25H,8-13,16H2,1H3,(H,30,35)(H,29,31,32)(H2,37,38,39)(H2,40,41,42). The molecular weight excluding hydrogens is 650 g/mol. The quantitative estimate of drug-likeness (QED) is 0.120. The van der Waals surface area contributed by atoms with Crippen LogP contribution < -0.4 is 15.5 Å². The van der Waals surface area contributed by atoms with Gasteiger partial charge in [0.05, 0.1) is 23.3 Å². The molecule has 1 saturated heterocycles. The lowest BCUT2D eigenvalue weighted by Crippen LogP contribution is -2.47. The molecule has 45 heavy (non-hydrogen) atoms. The van der Waals surface area contributed by atoms with E-state index in [4.69, 9.17) is 35.9 Å². The highest BCUT2D eigenvalue weighted by atomic mass is 35.5. The zero-order chi connectivity index (χ0) is 32.8. The number of benzene rings is 2. The van der Waals surface area contributed by atoms with Crippen LogP contribution in [0.25, 0.3) is 11.3 Å². The summed E-state index contributed by atoms with van der Waals surface area (Å²) < 4.78 is 27.7. The molecule has 2 heterocycles. The fourth-order valence-corrected chi connectivity index (χ4v) is 7.19. The third kappa shape index (κ3) is 10.1. The second kappa shape index (κ2) is 14.8. The highest BCUT2D eigenvalue weighted by molar-refractivity contribution is 7.70. The lowest BCUT2D eigenvalue weighted by Gasteiger charge is -2.36. The third-order valence-electron chi connectivity index (χ3n) is 6.84. The summed E-state index contributed by atoms with van der Waals surface area (Å²) in [7, 11) is -10.4. The number of nitrogens with one attached hydrogen (secondary N) is 2. The van der Waals surface area contributed by atoms with Gasteiger partial charge in [-0.1, -0.05) is 29.8 Å². The van der Waals surface area contributed by atoms with Gasteiger partial charge in [-0.2, -0.15) is 0 Å². The largest absolute Gasteiger partial charge is 0.464 e. The van der Waals surface area contributed by atoms with Gasteiger partial charge in [0.15, 0.2) is 5.40 Å². The first kappa shape index (κ1) is 34.5. The fourth-order valence-electron chi connectivity index (χ4n) is 4.65. The van der Waals surface area contributed by atoms with E-state index in [2.05, 4.69) is 25.5 Å². The maximum atomic E-state index is 12.0. The molecule has 0 radical (unpaired) electrons. The molecule has 0 spiro atoms. The van der Waals surface area contributed by atoms with E-state index in [1.165, 1.54) is 13.1 Å². The Morgan fingerprint density at radius 2 is 1.67 bits per heavy atom. The number of hydrogen-bond acceptors (Lipinski definition) is 10. The predicted molar refractivity (Wildman–Crippen MR) is 169 cm³/mol. The second-order valence-corrected chi connectivity index (χ2v) is 14.7. The van der Waals surface area contributed by atoms with Gasteiger partial charge in [-0.3, -0.25) is 23.6 Å². The Morgan fingerprint density at radius 3 is 2.33 bits per heavy atom. The van der Waals surface area contributed by atoms with Gasteiger partial charge in [-0.15, -0.1) is 0 Å². The van der Waals surface area contributed by atoms with Crippen LogP contribution in [0.2, 0.25) is 5.02 Å². The molecule has 1 aliphatic heterocycles. The van der Waals surface area contributed by atoms with Crippen LogP contribution >= 0.6 is 26.8 Å². The highest BCUT2D eigenvalue weighted by Crippen LogP contribution is 2.61. The SMILES string of the molecule is CC(=O)Nc1cccc(-c2nc(Nc3cccc(N4CCN(CCOC(=O)CC(P(=O)(O)O)P(=O)(O)O)CC4)c3)ncc2Cl)c1. The minimum atomic E-state index is -5.20. The molecule has 0 bridgehead atoms. The van der Waals surface area contributed by atoms with Crippen LogP contribution in [0.3, 0.4) is 0 Å². The Labute approximate surface area is 263 Å². The molecule has 15 nitrogen and oxygen atoms in total. The topological polar surface area (TPSA) is 215 Å². The molecule has 2 aromatic carbocycles. The number of amides is 1. The van der Waals surface area contributed by atoms with Crippen molar-refractivity contribution in [1.82, 2.24) is 14.9 Å². The fraction of sp³-hybridized carbons (Fsp3) is 0.333. The number of nitrogens with zero attached hydrogens (tertiary/aromatic N) is 4. The molecule has 1 aliphatic rings. The molecule has 0 saturated carbocycles. The summed E-state index contributed by atoms with van der Waals surface area (Å²) in [4.78, 5) is 73.2. The Bertz CT molecular complexity index is 1610. The molecule has 0 aliphatic carbocycles. The summed E-state index contributed by atoms with van der Waals surface area (Å²) in [6, 6.07) is 14.9. The van der Waals surface area contributed by atoms with E-state index in [0.717, 1.165) is 11.4 Å². The maximum absolute atomic E-state index is 12.0. The van der Waals surface area contributed by atoms with Gasteiger partial charge >= 0.3 is 21.2 Å². The monoisotopic (exact) mass is 682 g/mol. The van der Waals surface area contributed by atoms with E-state index in [-0.39, 0.29) is 12.5 Å². The molecular formula is C27H33ClN6O9P2. The molecule has 3 aromatic rings. The van der Waals surface area contributed by atoms with Crippen molar-refractivity contribution in [3.05, 3.63) is 59.8 Å². The van der Waals surface area contributed by atoms with E-state index < -0.39 is 33.0 Å². The predicted octanol–water partition coefficient (Wildman–Crippen LogP) is 3.24. The van der Waals surface area contributed by atoms with Crippen LogP contribution in [-0.2, 0) is 23.5 Å². The van der Waals surface area contributed by atoms with Crippen molar-refractivity contribution in [2.24, 2.45) is 0 Å². The summed E-state index contributed by atoms with van der Waals surface area (Å²) in [6.45, 7) is 4.31. The Morgan fingerprint density at radius 1 is 1.00 bits per heavy atom. The zero-order valence-corrected chi connectivity index (χ0v) is 26.7. The van der Waals surface area contributed by atoms with Gasteiger partial charge in [0.25, 0.3) is 0 Å². The van der Waals surface area contributed by atoms with Crippen molar-refractivity contribution in [1.29, 1.82) is 0 Å². The van der Waals surface area contributed by atoms with Crippen LogP contribution in [0, 0.1) is 0 Å². The van der Waals surface area contributed by atoms with Gasteiger partial charge in [0.2, 0.25) is 11.9 Å². The number of esters is 1. The smallest absolute Gasteiger partial charge is 0.341 e.